The van der Waals surface area contributed by atoms with E-state index in [0.717, 1.165) is 11.3 Å². The van der Waals surface area contributed by atoms with Crippen molar-refractivity contribution in [1.82, 2.24) is 4.57 Å². The number of hydrogen-bond acceptors (Lipinski definition) is 3. The van der Waals surface area contributed by atoms with E-state index in [0.29, 0.717) is 44.6 Å². The molecule has 0 fully saturated rings. The summed E-state index contributed by atoms with van der Waals surface area (Å²) in [5.41, 5.74) is 3.85. The normalized spacial score (nSPS) is 11.2. The first-order valence-corrected chi connectivity index (χ1v) is 12.4. The van der Waals surface area contributed by atoms with Gasteiger partial charge in [0.05, 0.1) is 22.3 Å². The molecule has 0 atom stereocenters. The van der Waals surface area contributed by atoms with E-state index >= 15 is 0 Å². The highest BCUT2D eigenvalue weighted by Crippen LogP contribution is 2.39. The van der Waals surface area contributed by atoms with Gasteiger partial charge in [0.25, 0.3) is 0 Å². The Hall–Kier alpha value is -4.55. The number of halogens is 1. The first kappa shape index (κ1) is 25.1. The van der Waals surface area contributed by atoms with Crippen LogP contribution in [-0.2, 0) is 0 Å². The minimum atomic E-state index is -1.11. The quantitative estimate of drug-likeness (QED) is 0.223. The number of ether oxygens (including phenoxy) is 1. The third kappa shape index (κ3) is 4.74. The van der Waals surface area contributed by atoms with E-state index in [1.807, 2.05) is 34.9 Å². The minimum absolute atomic E-state index is 0.0903. The second-order valence-corrected chi connectivity index (χ2v) is 9.67. The van der Waals surface area contributed by atoms with Gasteiger partial charge in [0.1, 0.15) is 11.5 Å². The standard InChI is InChI=1S/C31H24ClNO5/c1-18(2)19-10-12-23(13-11-19)33-27-15-14-25(38-24-5-3-4-22(32)16-24)17-26(27)28(31(36)37)29(33)20-6-8-21(9-7-20)30(34)35/h3-18H,1-2H3,(H,34,35)(H,36,37). The zero-order valence-corrected chi connectivity index (χ0v) is 21.4. The molecular formula is C31H24ClNO5. The van der Waals surface area contributed by atoms with Crippen molar-refractivity contribution in [2.75, 3.05) is 0 Å². The van der Waals surface area contributed by atoms with Crippen LogP contribution in [0.3, 0.4) is 0 Å². The van der Waals surface area contributed by atoms with Crippen molar-refractivity contribution in [2.45, 2.75) is 19.8 Å². The Labute approximate surface area is 224 Å². The lowest BCUT2D eigenvalue weighted by molar-refractivity contribution is 0.0687. The van der Waals surface area contributed by atoms with Gasteiger partial charge in [0, 0.05) is 16.1 Å². The lowest BCUT2D eigenvalue weighted by atomic mass is 10.0. The van der Waals surface area contributed by atoms with E-state index in [4.69, 9.17) is 16.3 Å². The summed E-state index contributed by atoms with van der Waals surface area (Å²) in [6, 6.07) is 26.5. The van der Waals surface area contributed by atoms with Crippen LogP contribution in [-0.4, -0.2) is 26.7 Å². The SMILES string of the molecule is CC(C)c1ccc(-n2c(-c3ccc(C(=O)O)cc3)c(C(=O)O)c3cc(Oc4cccc(Cl)c4)ccc32)cc1. The number of rotatable bonds is 7. The minimum Gasteiger partial charge on any atom is -0.478 e. The summed E-state index contributed by atoms with van der Waals surface area (Å²) in [4.78, 5) is 24.1. The maximum Gasteiger partial charge on any atom is 0.338 e. The Bertz CT molecular complexity index is 1670. The summed E-state index contributed by atoms with van der Waals surface area (Å²) in [7, 11) is 0. The molecule has 0 aliphatic rings. The predicted octanol–water partition coefficient (Wildman–Crippen LogP) is 8.26. The monoisotopic (exact) mass is 525 g/mol. The summed E-state index contributed by atoms with van der Waals surface area (Å²) in [6.45, 7) is 4.22. The van der Waals surface area contributed by atoms with Gasteiger partial charge < -0.3 is 19.5 Å². The second kappa shape index (κ2) is 10.1. The number of hydrogen-bond donors (Lipinski definition) is 2. The van der Waals surface area contributed by atoms with Crippen molar-refractivity contribution in [3.63, 3.8) is 0 Å². The molecule has 5 aromatic rings. The molecule has 0 radical (unpaired) electrons. The molecule has 190 valence electrons. The first-order chi connectivity index (χ1) is 18.2. The molecule has 0 aliphatic heterocycles. The molecule has 0 bridgehead atoms. The van der Waals surface area contributed by atoms with Crippen LogP contribution in [0.1, 0.15) is 46.0 Å². The van der Waals surface area contributed by atoms with Crippen molar-refractivity contribution in [3.05, 3.63) is 113 Å². The fourth-order valence-electron chi connectivity index (χ4n) is 4.54. The number of carbonyl (C=O) groups is 2. The molecule has 6 nitrogen and oxygen atoms in total. The number of aromatic nitrogens is 1. The lowest BCUT2D eigenvalue weighted by Crippen LogP contribution is -2.03. The summed E-state index contributed by atoms with van der Waals surface area (Å²) < 4.78 is 7.89. The molecule has 1 aromatic heterocycles. The van der Waals surface area contributed by atoms with Crippen LogP contribution in [0.2, 0.25) is 5.02 Å². The molecule has 38 heavy (non-hydrogen) atoms. The molecule has 5 rings (SSSR count). The highest BCUT2D eigenvalue weighted by Gasteiger charge is 2.25. The van der Waals surface area contributed by atoms with Crippen LogP contribution in [0.5, 0.6) is 11.5 Å². The zero-order valence-electron chi connectivity index (χ0n) is 20.7. The molecule has 0 saturated carbocycles. The van der Waals surface area contributed by atoms with Crippen molar-refractivity contribution in [2.24, 2.45) is 0 Å². The fourth-order valence-corrected chi connectivity index (χ4v) is 4.72. The first-order valence-electron chi connectivity index (χ1n) is 12.0. The predicted molar refractivity (Wildman–Crippen MR) is 148 cm³/mol. The largest absolute Gasteiger partial charge is 0.478 e. The highest BCUT2D eigenvalue weighted by atomic mass is 35.5. The van der Waals surface area contributed by atoms with Gasteiger partial charge >= 0.3 is 11.9 Å². The maximum absolute atomic E-state index is 12.7. The fraction of sp³-hybridized carbons (Fsp3) is 0.0968. The summed E-state index contributed by atoms with van der Waals surface area (Å²) in [5.74, 6) is -0.828. The number of carboxylic acids is 2. The summed E-state index contributed by atoms with van der Waals surface area (Å²) in [5, 5.41) is 20.8. The molecule has 4 aromatic carbocycles. The second-order valence-electron chi connectivity index (χ2n) is 9.23. The molecule has 7 heteroatoms. The van der Waals surface area contributed by atoms with E-state index in [9.17, 15) is 19.8 Å². The van der Waals surface area contributed by atoms with Gasteiger partial charge in [-0.25, -0.2) is 9.59 Å². The smallest absolute Gasteiger partial charge is 0.338 e. The van der Waals surface area contributed by atoms with Gasteiger partial charge in [0.15, 0.2) is 0 Å². The molecule has 0 unspecified atom stereocenters. The van der Waals surface area contributed by atoms with Crippen molar-refractivity contribution in [3.8, 4) is 28.4 Å². The van der Waals surface area contributed by atoms with Gasteiger partial charge in [-0.3, -0.25) is 0 Å². The van der Waals surface area contributed by atoms with Crippen LogP contribution in [0, 0.1) is 0 Å². The topological polar surface area (TPSA) is 88.8 Å². The average molecular weight is 526 g/mol. The number of fused-ring (bicyclic) bond motifs is 1. The third-order valence-corrected chi connectivity index (χ3v) is 6.64. The highest BCUT2D eigenvalue weighted by molar-refractivity contribution is 6.30. The Morgan fingerprint density at radius 2 is 1.50 bits per heavy atom. The summed E-state index contributed by atoms with van der Waals surface area (Å²) >= 11 is 6.10. The number of carboxylic acid groups (broad SMARTS) is 2. The van der Waals surface area contributed by atoms with E-state index in [1.165, 1.54) is 12.1 Å². The molecule has 2 N–H and O–H groups in total. The molecular weight excluding hydrogens is 502 g/mol. The molecule has 0 saturated heterocycles. The van der Waals surface area contributed by atoms with E-state index in [2.05, 4.69) is 13.8 Å². The summed E-state index contributed by atoms with van der Waals surface area (Å²) in [6.07, 6.45) is 0. The van der Waals surface area contributed by atoms with Gasteiger partial charge in [-0.05, 0) is 77.7 Å². The van der Waals surface area contributed by atoms with Gasteiger partial charge in [-0.1, -0.05) is 55.8 Å². The van der Waals surface area contributed by atoms with E-state index < -0.39 is 11.9 Å². The third-order valence-electron chi connectivity index (χ3n) is 6.41. The van der Waals surface area contributed by atoms with E-state index in [-0.39, 0.29) is 11.1 Å². The average Bonchev–Trinajstić information content (AvgIpc) is 3.23. The molecule has 0 aliphatic carbocycles. The Morgan fingerprint density at radius 3 is 2.11 bits per heavy atom. The number of nitrogens with zero attached hydrogens (tertiary/aromatic N) is 1. The Morgan fingerprint density at radius 1 is 0.816 bits per heavy atom. The van der Waals surface area contributed by atoms with Crippen LogP contribution in [0.4, 0.5) is 0 Å². The van der Waals surface area contributed by atoms with Gasteiger partial charge in [-0.15, -0.1) is 0 Å². The zero-order chi connectivity index (χ0) is 27.0. The van der Waals surface area contributed by atoms with Gasteiger partial charge in [0.2, 0.25) is 0 Å². The Kier molecular flexibility index (Phi) is 6.66. The Balaban J connectivity index is 1.76. The lowest BCUT2D eigenvalue weighted by Gasteiger charge is -2.14. The van der Waals surface area contributed by atoms with E-state index in [1.54, 1.807) is 48.5 Å². The number of aromatic carboxylic acids is 2. The van der Waals surface area contributed by atoms with Crippen molar-refractivity contribution in [1.29, 1.82) is 0 Å². The number of benzene rings is 4. The van der Waals surface area contributed by atoms with Crippen LogP contribution < -0.4 is 4.74 Å². The molecule has 1 heterocycles. The maximum atomic E-state index is 12.7. The van der Waals surface area contributed by atoms with Crippen LogP contribution >= 0.6 is 11.6 Å². The van der Waals surface area contributed by atoms with Crippen molar-refractivity contribution >= 4 is 34.4 Å². The van der Waals surface area contributed by atoms with Crippen LogP contribution in [0.25, 0.3) is 27.8 Å². The van der Waals surface area contributed by atoms with Gasteiger partial charge in [-0.2, -0.15) is 0 Å². The molecule has 0 spiro atoms. The molecule has 0 amide bonds. The van der Waals surface area contributed by atoms with Crippen molar-refractivity contribution < 1.29 is 24.5 Å². The van der Waals surface area contributed by atoms with Crippen LogP contribution in [0.15, 0.2) is 91.0 Å².